The van der Waals surface area contributed by atoms with Crippen molar-refractivity contribution in [3.63, 3.8) is 0 Å². The van der Waals surface area contributed by atoms with Crippen LogP contribution in [0.2, 0.25) is 0 Å². The summed E-state index contributed by atoms with van der Waals surface area (Å²) in [7, 11) is 3.58. The normalized spacial score (nSPS) is 14.8. The van der Waals surface area contributed by atoms with Crippen LogP contribution in [0.15, 0.2) is 46.8 Å². The SMILES string of the molecule is CN=C(NCCc1ccccc1OC)N1CCN(c2cccs2)CC1.I. The number of anilines is 1. The molecule has 1 aliphatic heterocycles. The first-order valence-corrected chi connectivity index (χ1v) is 9.55. The Labute approximate surface area is 177 Å². The van der Waals surface area contributed by atoms with Crippen LogP contribution in [0.5, 0.6) is 5.75 Å². The van der Waals surface area contributed by atoms with Crippen LogP contribution in [0.4, 0.5) is 5.00 Å². The highest BCUT2D eigenvalue weighted by Crippen LogP contribution is 2.22. The summed E-state index contributed by atoms with van der Waals surface area (Å²) in [5.41, 5.74) is 1.22. The van der Waals surface area contributed by atoms with Crippen molar-refractivity contribution in [1.29, 1.82) is 0 Å². The Balaban J connectivity index is 0.00000243. The minimum absolute atomic E-state index is 0. The highest BCUT2D eigenvalue weighted by atomic mass is 127. The van der Waals surface area contributed by atoms with Crippen LogP contribution < -0.4 is 15.0 Å². The van der Waals surface area contributed by atoms with E-state index in [1.165, 1.54) is 10.6 Å². The highest BCUT2D eigenvalue weighted by Gasteiger charge is 2.20. The predicted octanol–water partition coefficient (Wildman–Crippen LogP) is 3.31. The molecule has 0 saturated carbocycles. The second-order valence-corrected chi connectivity index (χ2v) is 6.89. The lowest BCUT2D eigenvalue weighted by molar-refractivity contribution is 0.373. The van der Waals surface area contributed by atoms with Crippen molar-refractivity contribution in [1.82, 2.24) is 10.2 Å². The van der Waals surface area contributed by atoms with Crippen LogP contribution in [-0.2, 0) is 6.42 Å². The molecular weight excluding hydrogens is 459 g/mol. The number of nitrogens with zero attached hydrogens (tertiary/aromatic N) is 3. The van der Waals surface area contributed by atoms with Crippen molar-refractivity contribution in [2.75, 3.05) is 51.8 Å². The van der Waals surface area contributed by atoms with E-state index in [4.69, 9.17) is 4.74 Å². The molecule has 3 rings (SSSR count). The van der Waals surface area contributed by atoms with Gasteiger partial charge in [0.15, 0.2) is 5.96 Å². The molecule has 1 aliphatic rings. The smallest absolute Gasteiger partial charge is 0.193 e. The van der Waals surface area contributed by atoms with Gasteiger partial charge in [0.2, 0.25) is 0 Å². The second-order valence-electron chi connectivity index (χ2n) is 5.96. The van der Waals surface area contributed by atoms with Crippen molar-refractivity contribution in [2.45, 2.75) is 6.42 Å². The van der Waals surface area contributed by atoms with E-state index in [1.807, 2.05) is 30.5 Å². The van der Waals surface area contributed by atoms with E-state index in [0.717, 1.165) is 50.9 Å². The summed E-state index contributed by atoms with van der Waals surface area (Å²) in [6.45, 7) is 4.90. The number of ether oxygens (including phenoxy) is 1. The molecule has 2 aromatic rings. The van der Waals surface area contributed by atoms with Crippen molar-refractivity contribution in [2.24, 2.45) is 4.99 Å². The summed E-state index contributed by atoms with van der Waals surface area (Å²) in [4.78, 5) is 9.24. The van der Waals surface area contributed by atoms with E-state index >= 15 is 0 Å². The third-order valence-electron chi connectivity index (χ3n) is 4.48. The fraction of sp³-hybridized carbons (Fsp3) is 0.421. The van der Waals surface area contributed by atoms with Gasteiger partial charge in [0.1, 0.15) is 5.75 Å². The van der Waals surface area contributed by atoms with Gasteiger partial charge in [0.25, 0.3) is 0 Å². The van der Waals surface area contributed by atoms with Crippen LogP contribution >= 0.6 is 35.3 Å². The minimum atomic E-state index is 0. The largest absolute Gasteiger partial charge is 0.496 e. The highest BCUT2D eigenvalue weighted by molar-refractivity contribution is 14.0. The van der Waals surface area contributed by atoms with E-state index < -0.39 is 0 Å². The summed E-state index contributed by atoms with van der Waals surface area (Å²) in [5, 5.41) is 6.99. The number of rotatable bonds is 5. The second kappa shape index (κ2) is 10.6. The van der Waals surface area contributed by atoms with Gasteiger partial charge < -0.3 is 19.9 Å². The molecular formula is C19H27IN4OS. The molecule has 1 N–H and O–H groups in total. The number of hydrogen-bond acceptors (Lipinski definition) is 4. The molecule has 0 aliphatic carbocycles. The fourth-order valence-corrected chi connectivity index (χ4v) is 3.92. The lowest BCUT2D eigenvalue weighted by Crippen LogP contribution is -2.52. The summed E-state index contributed by atoms with van der Waals surface area (Å²) in [5.74, 6) is 1.93. The van der Waals surface area contributed by atoms with E-state index in [9.17, 15) is 0 Å². The van der Waals surface area contributed by atoms with Gasteiger partial charge >= 0.3 is 0 Å². The number of piperazine rings is 1. The van der Waals surface area contributed by atoms with Crippen molar-refractivity contribution in [3.05, 3.63) is 47.3 Å². The van der Waals surface area contributed by atoms with Crippen LogP contribution in [0.25, 0.3) is 0 Å². The Kier molecular flexibility index (Phi) is 8.50. The average Bonchev–Trinajstić information content (AvgIpc) is 3.20. The molecule has 0 atom stereocenters. The number of aliphatic imine (C=N–C) groups is 1. The zero-order chi connectivity index (χ0) is 17.5. The Hall–Kier alpha value is -1.48. The van der Waals surface area contributed by atoms with Gasteiger partial charge in [-0.1, -0.05) is 18.2 Å². The molecule has 1 aromatic carbocycles. The summed E-state index contributed by atoms with van der Waals surface area (Å²) in [6.07, 6.45) is 0.915. The number of hydrogen-bond donors (Lipinski definition) is 1. The molecule has 5 nitrogen and oxygen atoms in total. The zero-order valence-electron chi connectivity index (χ0n) is 15.4. The maximum atomic E-state index is 5.42. The maximum absolute atomic E-state index is 5.42. The van der Waals surface area contributed by atoms with E-state index in [1.54, 1.807) is 7.11 Å². The van der Waals surface area contributed by atoms with E-state index in [2.05, 4.69) is 49.8 Å². The van der Waals surface area contributed by atoms with Crippen molar-refractivity contribution < 1.29 is 4.74 Å². The third kappa shape index (κ3) is 5.26. The fourth-order valence-electron chi connectivity index (χ4n) is 3.14. The number of thiophene rings is 1. The Morgan fingerprint density at radius 3 is 2.58 bits per heavy atom. The van der Waals surface area contributed by atoms with Gasteiger partial charge in [-0.15, -0.1) is 35.3 Å². The molecule has 0 bridgehead atoms. The predicted molar refractivity (Wildman–Crippen MR) is 122 cm³/mol. The first-order chi connectivity index (χ1) is 12.3. The van der Waals surface area contributed by atoms with Gasteiger partial charge in [-0.3, -0.25) is 4.99 Å². The average molecular weight is 486 g/mol. The zero-order valence-corrected chi connectivity index (χ0v) is 18.5. The molecule has 26 heavy (non-hydrogen) atoms. The van der Waals surface area contributed by atoms with Crippen molar-refractivity contribution in [3.8, 4) is 5.75 Å². The molecule has 0 radical (unpaired) electrons. The van der Waals surface area contributed by atoms with Gasteiger partial charge in [-0.2, -0.15) is 0 Å². The molecule has 0 amide bonds. The standard InChI is InChI=1S/C19H26N4OS.HI/c1-20-19(21-10-9-16-6-3-4-7-17(16)24-2)23-13-11-22(12-14-23)18-8-5-15-25-18;/h3-8,15H,9-14H2,1-2H3,(H,20,21);1H. The van der Waals surface area contributed by atoms with Gasteiger partial charge in [-0.25, -0.2) is 0 Å². The lowest BCUT2D eigenvalue weighted by Gasteiger charge is -2.37. The Bertz CT molecular complexity index is 685. The lowest BCUT2D eigenvalue weighted by atomic mass is 10.1. The van der Waals surface area contributed by atoms with Crippen LogP contribution in [0.1, 0.15) is 5.56 Å². The maximum Gasteiger partial charge on any atom is 0.193 e. The summed E-state index contributed by atoms with van der Waals surface area (Å²) in [6, 6.07) is 12.5. The number of para-hydroxylation sites is 1. The van der Waals surface area contributed by atoms with Crippen molar-refractivity contribution >= 4 is 46.3 Å². The Morgan fingerprint density at radius 1 is 1.15 bits per heavy atom. The minimum Gasteiger partial charge on any atom is -0.496 e. The monoisotopic (exact) mass is 486 g/mol. The molecule has 1 fully saturated rings. The topological polar surface area (TPSA) is 40.1 Å². The first kappa shape index (κ1) is 20.8. The molecule has 7 heteroatoms. The number of halogens is 1. The summed E-state index contributed by atoms with van der Waals surface area (Å²) < 4.78 is 5.42. The van der Waals surface area contributed by atoms with E-state index in [-0.39, 0.29) is 24.0 Å². The molecule has 1 aromatic heterocycles. The van der Waals surface area contributed by atoms with Crippen LogP contribution in [0, 0.1) is 0 Å². The molecule has 1 saturated heterocycles. The van der Waals surface area contributed by atoms with Crippen LogP contribution in [0.3, 0.4) is 0 Å². The van der Waals surface area contributed by atoms with E-state index in [0.29, 0.717) is 0 Å². The molecule has 0 spiro atoms. The number of methoxy groups -OCH3 is 1. The van der Waals surface area contributed by atoms with Gasteiger partial charge in [-0.05, 0) is 35.6 Å². The van der Waals surface area contributed by atoms with Gasteiger partial charge in [0, 0.05) is 39.8 Å². The molecule has 2 heterocycles. The summed E-state index contributed by atoms with van der Waals surface area (Å²) >= 11 is 1.81. The molecule has 142 valence electrons. The third-order valence-corrected chi connectivity index (χ3v) is 5.41. The van der Waals surface area contributed by atoms with Crippen LogP contribution in [-0.4, -0.2) is 57.7 Å². The molecule has 0 unspecified atom stereocenters. The first-order valence-electron chi connectivity index (χ1n) is 8.67. The number of benzene rings is 1. The van der Waals surface area contributed by atoms with Gasteiger partial charge in [0.05, 0.1) is 12.1 Å². The quantitative estimate of drug-likeness (QED) is 0.400. The number of nitrogens with one attached hydrogen (secondary N) is 1. The Morgan fingerprint density at radius 2 is 1.92 bits per heavy atom. The number of guanidine groups is 1.